The molecule has 0 spiro atoms. The number of carbonyl (C=O) groups excluding carboxylic acids is 1. The second-order valence-corrected chi connectivity index (χ2v) is 5.75. The highest BCUT2D eigenvalue weighted by atomic mass is 32.2. The topological polar surface area (TPSA) is 85.1 Å². The number of hydrogen-bond donors (Lipinski definition) is 2. The molecule has 1 aliphatic rings. The van der Waals surface area contributed by atoms with Gasteiger partial charge in [-0.1, -0.05) is 0 Å². The van der Waals surface area contributed by atoms with E-state index >= 15 is 0 Å². The number of carbonyl (C=O) groups is 1. The molecule has 2 heterocycles. The van der Waals surface area contributed by atoms with Gasteiger partial charge < -0.3 is 11.1 Å². The molecule has 3 N–H and O–H groups in total. The van der Waals surface area contributed by atoms with Gasteiger partial charge in [0.15, 0.2) is 0 Å². The van der Waals surface area contributed by atoms with E-state index in [4.69, 9.17) is 5.73 Å². The van der Waals surface area contributed by atoms with Gasteiger partial charge in [0.05, 0.1) is 5.56 Å². The van der Waals surface area contributed by atoms with Crippen molar-refractivity contribution in [2.75, 3.05) is 17.2 Å². The molecule has 6 heteroatoms. The molecule has 17 heavy (non-hydrogen) atoms. The Kier molecular flexibility index (Phi) is 3.73. The van der Waals surface area contributed by atoms with Crippen LogP contribution in [-0.4, -0.2) is 32.6 Å². The van der Waals surface area contributed by atoms with Crippen LogP contribution in [0.1, 0.15) is 23.2 Å². The van der Waals surface area contributed by atoms with E-state index in [0.717, 1.165) is 12.8 Å². The number of aromatic nitrogens is 1. The van der Waals surface area contributed by atoms with Crippen LogP contribution in [0, 0.1) is 0 Å². The fourth-order valence-electron chi connectivity index (χ4n) is 1.80. The van der Waals surface area contributed by atoms with Crippen LogP contribution >= 0.6 is 0 Å². The van der Waals surface area contributed by atoms with Crippen LogP contribution in [0.4, 0.5) is 5.69 Å². The fourth-order valence-corrected chi connectivity index (χ4v) is 3.10. The zero-order valence-corrected chi connectivity index (χ0v) is 10.2. The van der Waals surface area contributed by atoms with Crippen LogP contribution < -0.4 is 11.1 Å². The zero-order valence-electron chi connectivity index (χ0n) is 9.39. The van der Waals surface area contributed by atoms with Gasteiger partial charge in [0.25, 0.3) is 5.91 Å². The van der Waals surface area contributed by atoms with Crippen LogP contribution in [0.2, 0.25) is 0 Å². The first-order chi connectivity index (χ1) is 8.16. The summed E-state index contributed by atoms with van der Waals surface area (Å²) >= 11 is 0. The maximum absolute atomic E-state index is 11.9. The van der Waals surface area contributed by atoms with E-state index in [1.807, 2.05) is 0 Å². The van der Waals surface area contributed by atoms with Gasteiger partial charge in [0.1, 0.15) is 0 Å². The molecule has 0 saturated carbocycles. The van der Waals surface area contributed by atoms with Crippen LogP contribution in [0.15, 0.2) is 18.5 Å². The average Bonchev–Trinajstić information content (AvgIpc) is 2.32. The lowest BCUT2D eigenvalue weighted by Gasteiger charge is -2.22. The molecule has 5 nitrogen and oxygen atoms in total. The minimum Gasteiger partial charge on any atom is -0.398 e. The molecule has 1 amide bonds. The SMILES string of the molecule is Nc1ccncc1C(=O)NC1CCS(=O)CC1. The quantitative estimate of drug-likeness (QED) is 0.794. The summed E-state index contributed by atoms with van der Waals surface area (Å²) in [5.74, 6) is 1.12. The van der Waals surface area contributed by atoms with Crippen molar-refractivity contribution in [3.63, 3.8) is 0 Å². The Balaban J connectivity index is 1.98. The van der Waals surface area contributed by atoms with E-state index in [1.54, 1.807) is 12.3 Å². The highest BCUT2D eigenvalue weighted by molar-refractivity contribution is 7.85. The van der Waals surface area contributed by atoms with E-state index in [2.05, 4.69) is 10.3 Å². The van der Waals surface area contributed by atoms with E-state index in [0.29, 0.717) is 22.8 Å². The number of nitrogen functional groups attached to an aromatic ring is 1. The van der Waals surface area contributed by atoms with Crippen molar-refractivity contribution in [1.82, 2.24) is 10.3 Å². The molecule has 1 fully saturated rings. The number of pyridine rings is 1. The van der Waals surface area contributed by atoms with Crippen molar-refractivity contribution < 1.29 is 9.00 Å². The molecule has 2 rings (SSSR count). The minimum atomic E-state index is -0.713. The number of nitrogens with two attached hydrogens (primary N) is 1. The Morgan fingerprint density at radius 3 is 2.82 bits per heavy atom. The lowest BCUT2D eigenvalue weighted by atomic mass is 10.1. The Hall–Kier alpha value is -1.43. The molecule has 1 saturated heterocycles. The van der Waals surface area contributed by atoms with Gasteiger partial charge in [-0.15, -0.1) is 0 Å². The van der Waals surface area contributed by atoms with E-state index in [9.17, 15) is 9.00 Å². The first-order valence-corrected chi connectivity index (χ1v) is 7.01. The van der Waals surface area contributed by atoms with Gasteiger partial charge in [-0.05, 0) is 18.9 Å². The van der Waals surface area contributed by atoms with Crippen LogP contribution in [0.3, 0.4) is 0 Å². The summed E-state index contributed by atoms with van der Waals surface area (Å²) in [4.78, 5) is 15.8. The van der Waals surface area contributed by atoms with E-state index < -0.39 is 10.8 Å². The molecule has 1 aromatic rings. The largest absolute Gasteiger partial charge is 0.398 e. The van der Waals surface area contributed by atoms with Gasteiger partial charge in [0.2, 0.25) is 0 Å². The maximum Gasteiger partial charge on any atom is 0.255 e. The standard InChI is InChI=1S/C11H15N3O2S/c12-10-1-4-13-7-9(10)11(15)14-8-2-5-17(16)6-3-8/h1,4,7-8H,2-3,5-6H2,(H2,12,13)(H,14,15). The van der Waals surface area contributed by atoms with Crippen molar-refractivity contribution >= 4 is 22.4 Å². The fraction of sp³-hybridized carbons (Fsp3) is 0.455. The summed E-state index contributed by atoms with van der Waals surface area (Å²) in [6.45, 7) is 0. The maximum atomic E-state index is 11.9. The Morgan fingerprint density at radius 1 is 1.47 bits per heavy atom. The number of hydrogen-bond acceptors (Lipinski definition) is 4. The van der Waals surface area contributed by atoms with Crippen molar-refractivity contribution in [3.05, 3.63) is 24.0 Å². The minimum absolute atomic E-state index is 0.0970. The molecular formula is C11H15N3O2S. The Bertz CT molecular complexity index is 440. The number of anilines is 1. The summed E-state index contributed by atoms with van der Waals surface area (Å²) in [7, 11) is -0.713. The highest BCUT2D eigenvalue weighted by Gasteiger charge is 2.20. The monoisotopic (exact) mass is 253 g/mol. The average molecular weight is 253 g/mol. The molecule has 0 atom stereocenters. The summed E-state index contributed by atoms with van der Waals surface area (Å²) in [6, 6.07) is 1.70. The van der Waals surface area contributed by atoms with Crippen LogP contribution in [-0.2, 0) is 10.8 Å². The van der Waals surface area contributed by atoms with Gasteiger partial charge >= 0.3 is 0 Å². The summed E-state index contributed by atoms with van der Waals surface area (Å²) < 4.78 is 11.2. The van der Waals surface area contributed by atoms with Gasteiger partial charge in [-0.3, -0.25) is 14.0 Å². The molecule has 92 valence electrons. The van der Waals surface area contributed by atoms with Gasteiger partial charge in [-0.25, -0.2) is 0 Å². The van der Waals surface area contributed by atoms with Crippen molar-refractivity contribution in [1.29, 1.82) is 0 Å². The smallest absolute Gasteiger partial charge is 0.255 e. The van der Waals surface area contributed by atoms with E-state index in [1.165, 1.54) is 6.20 Å². The molecule has 1 aromatic heterocycles. The first-order valence-electron chi connectivity index (χ1n) is 5.52. The van der Waals surface area contributed by atoms with Gasteiger partial charge in [0, 0.05) is 46.4 Å². The Labute approximate surface area is 102 Å². The number of nitrogens with zero attached hydrogens (tertiary/aromatic N) is 1. The predicted octanol–water partition coefficient (Wildman–Crippen LogP) is 0.305. The molecule has 0 bridgehead atoms. The number of rotatable bonds is 2. The number of amides is 1. The molecule has 0 aromatic carbocycles. The lowest BCUT2D eigenvalue weighted by molar-refractivity contribution is 0.0935. The normalized spacial score (nSPS) is 24.2. The summed E-state index contributed by atoms with van der Waals surface area (Å²) in [5, 5.41) is 2.90. The molecule has 0 aliphatic carbocycles. The summed E-state index contributed by atoms with van der Waals surface area (Å²) in [6.07, 6.45) is 4.54. The first kappa shape index (κ1) is 12.0. The van der Waals surface area contributed by atoms with Crippen molar-refractivity contribution in [2.45, 2.75) is 18.9 Å². The van der Waals surface area contributed by atoms with E-state index in [-0.39, 0.29) is 11.9 Å². The van der Waals surface area contributed by atoms with Crippen LogP contribution in [0.25, 0.3) is 0 Å². The molecule has 1 aliphatic heterocycles. The van der Waals surface area contributed by atoms with Crippen molar-refractivity contribution in [3.8, 4) is 0 Å². The second-order valence-electron chi connectivity index (χ2n) is 4.06. The Morgan fingerprint density at radius 2 is 2.18 bits per heavy atom. The second kappa shape index (κ2) is 5.27. The highest BCUT2D eigenvalue weighted by Crippen LogP contribution is 2.12. The lowest BCUT2D eigenvalue weighted by Crippen LogP contribution is -2.39. The molecular weight excluding hydrogens is 238 g/mol. The zero-order chi connectivity index (χ0) is 12.3. The third kappa shape index (κ3) is 3.03. The summed E-state index contributed by atoms with van der Waals surface area (Å²) in [5.41, 5.74) is 6.53. The number of nitrogens with one attached hydrogen (secondary N) is 1. The van der Waals surface area contributed by atoms with Gasteiger partial charge in [-0.2, -0.15) is 0 Å². The van der Waals surface area contributed by atoms with Crippen LogP contribution in [0.5, 0.6) is 0 Å². The molecule has 0 unspecified atom stereocenters. The predicted molar refractivity (Wildman–Crippen MR) is 67.0 cm³/mol. The third-order valence-corrected chi connectivity index (χ3v) is 4.20. The third-order valence-electron chi connectivity index (χ3n) is 2.82. The molecule has 0 radical (unpaired) electrons. The van der Waals surface area contributed by atoms with Crippen molar-refractivity contribution in [2.24, 2.45) is 0 Å².